The fourth-order valence-electron chi connectivity index (χ4n) is 2.07. The number of pyridine rings is 1. The van der Waals surface area contributed by atoms with Crippen molar-refractivity contribution in [3.63, 3.8) is 0 Å². The first-order valence-electron chi connectivity index (χ1n) is 6.71. The van der Waals surface area contributed by atoms with Gasteiger partial charge in [0.25, 0.3) is 0 Å². The number of hydrogen-bond acceptors (Lipinski definition) is 4. The molecule has 5 nitrogen and oxygen atoms in total. The van der Waals surface area contributed by atoms with Gasteiger partial charge in [-0.3, -0.25) is 9.71 Å². The third kappa shape index (κ3) is 4.27. The van der Waals surface area contributed by atoms with E-state index in [1.165, 1.54) is 0 Å². The summed E-state index contributed by atoms with van der Waals surface area (Å²) in [4.78, 5) is 4.12. The molecule has 0 saturated heterocycles. The van der Waals surface area contributed by atoms with Gasteiger partial charge in [0.05, 0.1) is 11.4 Å². The largest absolute Gasteiger partial charge is 0.326 e. The quantitative estimate of drug-likeness (QED) is 0.852. The Morgan fingerprint density at radius 3 is 2.67 bits per heavy atom. The number of anilines is 1. The van der Waals surface area contributed by atoms with E-state index in [4.69, 9.17) is 5.73 Å². The second-order valence-electron chi connectivity index (χ2n) is 4.80. The Morgan fingerprint density at radius 2 is 2.00 bits per heavy atom. The molecular formula is C15H19N3O2S. The van der Waals surface area contributed by atoms with Gasteiger partial charge in [-0.1, -0.05) is 18.2 Å². The second kappa shape index (κ2) is 6.69. The maximum atomic E-state index is 12.2. The van der Waals surface area contributed by atoms with Crippen LogP contribution in [0.1, 0.15) is 16.8 Å². The molecule has 2 rings (SSSR count). The van der Waals surface area contributed by atoms with Crippen LogP contribution in [0.4, 0.5) is 5.69 Å². The summed E-state index contributed by atoms with van der Waals surface area (Å²) in [5.41, 5.74) is 8.79. The molecule has 21 heavy (non-hydrogen) atoms. The third-order valence-electron chi connectivity index (χ3n) is 3.23. The molecule has 0 atom stereocenters. The van der Waals surface area contributed by atoms with Gasteiger partial charge in [-0.15, -0.1) is 0 Å². The maximum absolute atomic E-state index is 12.2. The first-order valence-corrected chi connectivity index (χ1v) is 8.36. The van der Waals surface area contributed by atoms with Crippen LogP contribution in [0.2, 0.25) is 0 Å². The van der Waals surface area contributed by atoms with Gasteiger partial charge >= 0.3 is 0 Å². The molecule has 6 heteroatoms. The Hall–Kier alpha value is -1.92. The predicted octanol–water partition coefficient (Wildman–Crippen LogP) is 1.83. The molecule has 3 N–H and O–H groups in total. The lowest BCUT2D eigenvalue weighted by molar-refractivity contribution is 0.600. The molecule has 1 heterocycles. The zero-order chi connectivity index (χ0) is 15.3. The van der Waals surface area contributed by atoms with Gasteiger partial charge in [-0.25, -0.2) is 8.42 Å². The highest BCUT2D eigenvalue weighted by molar-refractivity contribution is 7.92. The average Bonchev–Trinajstić information content (AvgIpc) is 2.46. The van der Waals surface area contributed by atoms with Crippen molar-refractivity contribution in [3.8, 4) is 0 Å². The van der Waals surface area contributed by atoms with Crippen molar-refractivity contribution in [3.05, 3.63) is 59.4 Å². The van der Waals surface area contributed by atoms with Crippen LogP contribution in [0.5, 0.6) is 0 Å². The fraction of sp³-hybridized carbons (Fsp3) is 0.267. The summed E-state index contributed by atoms with van der Waals surface area (Å²) in [5.74, 6) is -0.0119. The number of aryl methyl sites for hydroxylation is 2. The minimum absolute atomic E-state index is 0.0119. The Bertz CT molecular complexity index is 700. The molecule has 1 aromatic heterocycles. The SMILES string of the molecule is Cc1cccc(NS(=O)(=O)CCc2ccccn2)c1CN. The lowest BCUT2D eigenvalue weighted by atomic mass is 10.1. The normalized spacial score (nSPS) is 11.3. The van der Waals surface area contributed by atoms with E-state index >= 15 is 0 Å². The van der Waals surface area contributed by atoms with Crippen LogP contribution < -0.4 is 10.5 Å². The number of aromatic nitrogens is 1. The molecule has 0 radical (unpaired) electrons. The molecule has 112 valence electrons. The molecule has 0 aliphatic heterocycles. The Kier molecular flexibility index (Phi) is 4.93. The van der Waals surface area contributed by atoms with Crippen molar-refractivity contribution < 1.29 is 8.42 Å². The number of nitrogens with zero attached hydrogens (tertiary/aromatic N) is 1. The van der Waals surface area contributed by atoms with E-state index in [0.29, 0.717) is 18.7 Å². The van der Waals surface area contributed by atoms with Gasteiger partial charge in [0.2, 0.25) is 10.0 Å². The van der Waals surface area contributed by atoms with Gasteiger partial charge in [-0.2, -0.15) is 0 Å². The number of rotatable bonds is 6. The van der Waals surface area contributed by atoms with Gasteiger partial charge in [0, 0.05) is 24.9 Å². The van der Waals surface area contributed by atoms with Crippen LogP contribution in [0.15, 0.2) is 42.6 Å². The average molecular weight is 305 g/mol. The molecule has 0 unspecified atom stereocenters. The van der Waals surface area contributed by atoms with E-state index in [0.717, 1.165) is 16.8 Å². The molecule has 1 aromatic carbocycles. The van der Waals surface area contributed by atoms with Crippen molar-refractivity contribution in [2.24, 2.45) is 5.73 Å². The minimum atomic E-state index is -3.43. The van der Waals surface area contributed by atoms with E-state index in [2.05, 4.69) is 9.71 Å². The lowest BCUT2D eigenvalue weighted by Crippen LogP contribution is -2.20. The summed E-state index contributed by atoms with van der Waals surface area (Å²) in [6.45, 7) is 2.21. The molecule has 0 aliphatic rings. The maximum Gasteiger partial charge on any atom is 0.233 e. The van der Waals surface area contributed by atoms with Crippen LogP contribution in [-0.4, -0.2) is 19.2 Å². The monoisotopic (exact) mass is 305 g/mol. The highest BCUT2D eigenvalue weighted by Gasteiger charge is 2.14. The van der Waals surface area contributed by atoms with Crippen LogP contribution in [-0.2, 0) is 23.0 Å². The number of sulfonamides is 1. The molecule has 0 fully saturated rings. The summed E-state index contributed by atoms with van der Waals surface area (Å²) in [7, 11) is -3.43. The predicted molar refractivity (Wildman–Crippen MR) is 84.4 cm³/mol. The Morgan fingerprint density at radius 1 is 1.19 bits per heavy atom. The number of nitrogens with two attached hydrogens (primary N) is 1. The van der Waals surface area contributed by atoms with Gasteiger partial charge in [-0.05, 0) is 36.2 Å². The first kappa shape index (κ1) is 15.5. The Balaban J connectivity index is 2.09. The highest BCUT2D eigenvalue weighted by Crippen LogP contribution is 2.20. The number of hydrogen-bond donors (Lipinski definition) is 2. The molecular weight excluding hydrogens is 286 g/mol. The van der Waals surface area contributed by atoms with Crippen LogP contribution in [0.3, 0.4) is 0 Å². The van der Waals surface area contributed by atoms with Gasteiger partial charge in [0.15, 0.2) is 0 Å². The molecule has 0 spiro atoms. The van der Waals surface area contributed by atoms with Crippen LogP contribution in [0, 0.1) is 6.92 Å². The summed E-state index contributed by atoms with van der Waals surface area (Å²) < 4.78 is 27.0. The molecule has 0 bridgehead atoms. The minimum Gasteiger partial charge on any atom is -0.326 e. The van der Waals surface area contributed by atoms with Crippen molar-refractivity contribution in [2.75, 3.05) is 10.5 Å². The van der Waals surface area contributed by atoms with Gasteiger partial charge < -0.3 is 5.73 Å². The summed E-state index contributed by atoms with van der Waals surface area (Å²) in [6, 6.07) is 10.9. The zero-order valence-electron chi connectivity index (χ0n) is 11.9. The molecule has 0 amide bonds. The standard InChI is InChI=1S/C15H19N3O2S/c1-12-5-4-7-15(14(12)11-16)18-21(19,20)10-8-13-6-2-3-9-17-13/h2-7,9,18H,8,10-11,16H2,1H3. The van der Waals surface area contributed by atoms with Crippen molar-refractivity contribution in [1.82, 2.24) is 4.98 Å². The summed E-state index contributed by atoms with van der Waals surface area (Å²) in [6.07, 6.45) is 2.03. The summed E-state index contributed by atoms with van der Waals surface area (Å²) in [5, 5.41) is 0. The topological polar surface area (TPSA) is 85.1 Å². The summed E-state index contributed by atoms with van der Waals surface area (Å²) >= 11 is 0. The third-order valence-corrected chi connectivity index (χ3v) is 4.51. The second-order valence-corrected chi connectivity index (χ2v) is 6.64. The van der Waals surface area contributed by atoms with Gasteiger partial charge in [0.1, 0.15) is 0 Å². The molecule has 2 aromatic rings. The smallest absolute Gasteiger partial charge is 0.233 e. The van der Waals surface area contributed by atoms with Crippen molar-refractivity contribution in [1.29, 1.82) is 0 Å². The van der Waals surface area contributed by atoms with Crippen molar-refractivity contribution >= 4 is 15.7 Å². The Labute approximate surface area is 125 Å². The van der Waals surface area contributed by atoms with E-state index in [-0.39, 0.29) is 5.75 Å². The van der Waals surface area contributed by atoms with E-state index in [9.17, 15) is 8.42 Å². The lowest BCUT2D eigenvalue weighted by Gasteiger charge is -2.13. The van der Waals surface area contributed by atoms with Crippen LogP contribution >= 0.6 is 0 Å². The number of benzene rings is 1. The van der Waals surface area contributed by atoms with Crippen molar-refractivity contribution in [2.45, 2.75) is 19.9 Å². The van der Waals surface area contributed by atoms with E-state index in [1.54, 1.807) is 18.3 Å². The fourth-order valence-corrected chi connectivity index (χ4v) is 3.18. The zero-order valence-corrected chi connectivity index (χ0v) is 12.7. The van der Waals surface area contributed by atoms with Crippen LogP contribution in [0.25, 0.3) is 0 Å². The number of nitrogens with one attached hydrogen (secondary N) is 1. The van der Waals surface area contributed by atoms with E-state index in [1.807, 2.05) is 31.2 Å². The molecule has 0 aliphatic carbocycles. The highest BCUT2D eigenvalue weighted by atomic mass is 32.2. The van der Waals surface area contributed by atoms with E-state index < -0.39 is 10.0 Å². The molecule has 0 saturated carbocycles. The first-order chi connectivity index (χ1) is 10.0.